The summed E-state index contributed by atoms with van der Waals surface area (Å²) in [4.78, 5) is 27.3. The molecule has 0 saturated heterocycles. The Morgan fingerprint density at radius 3 is 2.57 bits per heavy atom. The molecule has 2 aliphatic rings. The number of carboxylic acid groups (broad SMARTS) is 1. The van der Waals surface area contributed by atoms with Gasteiger partial charge >= 0.3 is 5.97 Å². The molecule has 0 radical (unpaired) electrons. The molecule has 6 heteroatoms. The topological polar surface area (TPSA) is 66.8 Å². The number of hydrogen-bond donors (Lipinski definition) is 1. The van der Waals surface area contributed by atoms with Gasteiger partial charge < -0.3 is 14.7 Å². The van der Waals surface area contributed by atoms with Gasteiger partial charge in [-0.15, -0.1) is 0 Å². The summed E-state index contributed by atoms with van der Waals surface area (Å²) in [5.74, 6) is -0.763. The van der Waals surface area contributed by atoms with E-state index in [4.69, 9.17) is 4.74 Å². The van der Waals surface area contributed by atoms with Crippen LogP contribution in [0.15, 0.2) is 53.0 Å². The smallest absolute Gasteiger partial charge is 0.331 e. The minimum Gasteiger partial charge on any atom is -0.480 e. The summed E-state index contributed by atoms with van der Waals surface area (Å²) in [5.41, 5.74) is 1.64. The molecule has 28 heavy (non-hydrogen) atoms. The zero-order chi connectivity index (χ0) is 20.0. The van der Waals surface area contributed by atoms with Crippen molar-refractivity contribution in [1.29, 1.82) is 0 Å². The van der Waals surface area contributed by atoms with Gasteiger partial charge in [-0.2, -0.15) is 0 Å². The van der Waals surface area contributed by atoms with Crippen LogP contribution in [0, 0.1) is 5.92 Å². The van der Waals surface area contributed by atoms with Gasteiger partial charge in [-0.25, -0.2) is 4.79 Å². The SMILES string of the molecule is CC(C)C1Oc2ccc(Br)cc2C(C(=O)O)N(C2CC2c2ccccc2)C1=O. The number of carbonyl (C=O) groups is 2. The van der Waals surface area contributed by atoms with Crippen LogP contribution in [0.4, 0.5) is 0 Å². The summed E-state index contributed by atoms with van der Waals surface area (Å²) in [7, 11) is 0. The van der Waals surface area contributed by atoms with Crippen LogP contribution in [-0.4, -0.2) is 34.0 Å². The van der Waals surface area contributed by atoms with Crippen molar-refractivity contribution < 1.29 is 19.4 Å². The van der Waals surface area contributed by atoms with Gasteiger partial charge in [-0.05, 0) is 36.1 Å². The van der Waals surface area contributed by atoms with Crippen molar-refractivity contribution in [1.82, 2.24) is 4.90 Å². The van der Waals surface area contributed by atoms with E-state index in [2.05, 4.69) is 15.9 Å². The average Bonchev–Trinajstić information content (AvgIpc) is 3.45. The molecule has 1 fully saturated rings. The lowest BCUT2D eigenvalue weighted by atomic mass is 10.0. The fourth-order valence-electron chi connectivity index (χ4n) is 4.03. The summed E-state index contributed by atoms with van der Waals surface area (Å²) in [5, 5.41) is 10.1. The van der Waals surface area contributed by atoms with Gasteiger partial charge in [0.05, 0.1) is 0 Å². The Bertz CT molecular complexity index is 914. The summed E-state index contributed by atoms with van der Waals surface area (Å²) < 4.78 is 6.80. The van der Waals surface area contributed by atoms with E-state index in [1.165, 1.54) is 0 Å². The maximum absolute atomic E-state index is 13.4. The Morgan fingerprint density at radius 1 is 1.21 bits per heavy atom. The Hall–Kier alpha value is -2.34. The van der Waals surface area contributed by atoms with Crippen molar-refractivity contribution in [2.45, 2.75) is 44.4 Å². The lowest BCUT2D eigenvalue weighted by Gasteiger charge is -2.30. The van der Waals surface area contributed by atoms with Crippen molar-refractivity contribution in [3.05, 3.63) is 64.1 Å². The van der Waals surface area contributed by atoms with Gasteiger partial charge in [0.15, 0.2) is 12.1 Å². The highest BCUT2D eigenvalue weighted by atomic mass is 79.9. The largest absolute Gasteiger partial charge is 0.480 e. The number of carbonyl (C=O) groups excluding carboxylic acids is 1. The molecule has 0 aromatic heterocycles. The number of halogens is 1. The van der Waals surface area contributed by atoms with Crippen molar-refractivity contribution in [2.75, 3.05) is 0 Å². The molecule has 1 N–H and O–H groups in total. The lowest BCUT2D eigenvalue weighted by molar-refractivity contribution is -0.154. The van der Waals surface area contributed by atoms with Crippen molar-refractivity contribution in [3.63, 3.8) is 0 Å². The predicted molar refractivity (Wildman–Crippen MR) is 108 cm³/mol. The minimum atomic E-state index is -1.07. The van der Waals surface area contributed by atoms with E-state index in [-0.39, 0.29) is 23.8 Å². The second kappa shape index (κ2) is 7.24. The Kier molecular flexibility index (Phi) is 4.91. The molecule has 4 rings (SSSR count). The van der Waals surface area contributed by atoms with E-state index >= 15 is 0 Å². The number of benzene rings is 2. The third kappa shape index (κ3) is 3.30. The minimum absolute atomic E-state index is 0.0760. The molecule has 1 saturated carbocycles. The quantitative estimate of drug-likeness (QED) is 0.761. The molecule has 4 atom stereocenters. The molecule has 0 spiro atoms. The average molecular weight is 444 g/mol. The standard InChI is InChI=1S/C22H22BrNO4/c1-12(2)20-21(25)24(17-11-15(17)13-6-4-3-5-7-13)19(22(26)27)16-10-14(23)8-9-18(16)28-20/h3-10,12,15,17,19-20H,11H2,1-2H3,(H,26,27). The van der Waals surface area contributed by atoms with Gasteiger partial charge in [0.1, 0.15) is 5.75 Å². The number of amides is 1. The van der Waals surface area contributed by atoms with Crippen molar-refractivity contribution >= 4 is 27.8 Å². The highest BCUT2D eigenvalue weighted by Gasteiger charge is 2.53. The molecule has 1 amide bonds. The van der Waals surface area contributed by atoms with Gasteiger partial charge in [-0.1, -0.05) is 60.1 Å². The van der Waals surface area contributed by atoms with E-state index in [0.29, 0.717) is 11.3 Å². The van der Waals surface area contributed by atoms with Crippen LogP contribution in [0.1, 0.15) is 43.4 Å². The number of carboxylic acids is 1. The van der Waals surface area contributed by atoms with Gasteiger partial charge in [0, 0.05) is 22.0 Å². The molecule has 5 nitrogen and oxygen atoms in total. The molecule has 146 valence electrons. The Labute approximate surface area is 172 Å². The first kappa shape index (κ1) is 19.0. The van der Waals surface area contributed by atoms with Gasteiger partial charge in [0.25, 0.3) is 5.91 Å². The van der Waals surface area contributed by atoms with Crippen molar-refractivity contribution in [2.24, 2.45) is 5.92 Å². The summed E-state index contributed by atoms with van der Waals surface area (Å²) >= 11 is 3.42. The molecule has 2 aromatic rings. The molecule has 1 aliphatic heterocycles. The van der Waals surface area contributed by atoms with Gasteiger partial charge in [0.2, 0.25) is 0 Å². The number of fused-ring (bicyclic) bond motifs is 1. The second-order valence-corrected chi connectivity index (χ2v) is 8.69. The number of hydrogen-bond acceptors (Lipinski definition) is 3. The monoisotopic (exact) mass is 443 g/mol. The molecule has 4 unspecified atom stereocenters. The first-order chi connectivity index (χ1) is 13.4. The lowest BCUT2D eigenvalue weighted by Crippen LogP contribution is -2.47. The molecular formula is C22H22BrNO4. The number of rotatable bonds is 4. The number of aliphatic carboxylic acids is 1. The van der Waals surface area contributed by atoms with E-state index < -0.39 is 18.1 Å². The Balaban J connectivity index is 1.79. The molecule has 1 aliphatic carbocycles. The van der Waals surface area contributed by atoms with E-state index in [9.17, 15) is 14.7 Å². The van der Waals surface area contributed by atoms with E-state index in [1.54, 1.807) is 23.1 Å². The first-order valence-electron chi connectivity index (χ1n) is 9.44. The fourth-order valence-corrected chi connectivity index (χ4v) is 4.41. The number of nitrogens with zero attached hydrogens (tertiary/aromatic N) is 1. The third-order valence-corrected chi connectivity index (χ3v) is 5.97. The molecular weight excluding hydrogens is 422 g/mol. The normalized spacial score (nSPS) is 26.4. The van der Waals surface area contributed by atoms with Crippen LogP contribution in [0.5, 0.6) is 5.75 Å². The Morgan fingerprint density at radius 2 is 1.93 bits per heavy atom. The zero-order valence-corrected chi connectivity index (χ0v) is 17.3. The highest BCUT2D eigenvalue weighted by molar-refractivity contribution is 9.10. The first-order valence-corrected chi connectivity index (χ1v) is 10.2. The summed E-state index contributed by atoms with van der Waals surface area (Å²) in [6.45, 7) is 3.84. The van der Waals surface area contributed by atoms with Crippen LogP contribution in [-0.2, 0) is 9.59 Å². The maximum atomic E-state index is 13.4. The van der Waals surface area contributed by atoms with Crippen LogP contribution < -0.4 is 4.74 Å². The zero-order valence-electron chi connectivity index (χ0n) is 15.7. The molecule has 0 bridgehead atoms. The van der Waals surface area contributed by atoms with E-state index in [0.717, 1.165) is 16.5 Å². The maximum Gasteiger partial charge on any atom is 0.331 e. The van der Waals surface area contributed by atoms with Crippen LogP contribution in [0.3, 0.4) is 0 Å². The molecule has 1 heterocycles. The third-order valence-electron chi connectivity index (χ3n) is 5.48. The van der Waals surface area contributed by atoms with Crippen LogP contribution in [0.25, 0.3) is 0 Å². The van der Waals surface area contributed by atoms with Crippen LogP contribution >= 0.6 is 15.9 Å². The fraction of sp³-hybridized carbons (Fsp3) is 0.364. The second-order valence-electron chi connectivity index (χ2n) is 7.77. The summed E-state index contributed by atoms with van der Waals surface area (Å²) in [6.07, 6.45) is 0.0505. The molecule has 2 aromatic carbocycles. The van der Waals surface area contributed by atoms with Crippen molar-refractivity contribution in [3.8, 4) is 5.75 Å². The van der Waals surface area contributed by atoms with Crippen LogP contribution in [0.2, 0.25) is 0 Å². The highest BCUT2D eigenvalue weighted by Crippen LogP contribution is 2.50. The predicted octanol–water partition coefficient (Wildman–Crippen LogP) is 4.38. The van der Waals surface area contributed by atoms with E-state index in [1.807, 2.05) is 44.2 Å². The number of ether oxygens (including phenoxy) is 1. The summed E-state index contributed by atoms with van der Waals surface area (Å²) in [6, 6.07) is 14.0. The van der Waals surface area contributed by atoms with Gasteiger partial charge in [-0.3, -0.25) is 4.79 Å².